The van der Waals surface area contributed by atoms with Crippen molar-refractivity contribution in [3.63, 3.8) is 0 Å². The monoisotopic (exact) mass is 350 g/mol. The van der Waals surface area contributed by atoms with Gasteiger partial charge in [0.25, 0.3) is 5.91 Å². The zero-order chi connectivity index (χ0) is 17.2. The van der Waals surface area contributed by atoms with E-state index in [2.05, 4.69) is 15.6 Å². The Hall–Kier alpha value is -3.19. The van der Waals surface area contributed by atoms with E-state index < -0.39 is 0 Å². The number of amides is 1. The van der Waals surface area contributed by atoms with E-state index in [1.807, 2.05) is 47.8 Å². The van der Waals surface area contributed by atoms with Gasteiger partial charge >= 0.3 is 0 Å². The summed E-state index contributed by atoms with van der Waals surface area (Å²) in [6.07, 6.45) is 0. The lowest BCUT2D eigenvalue weighted by atomic mass is 10.3. The maximum Gasteiger partial charge on any atom is 0.275 e. The third-order valence-corrected chi connectivity index (χ3v) is 4.48. The molecular formula is C18H14N4O2S. The summed E-state index contributed by atoms with van der Waals surface area (Å²) < 4.78 is 6.63. The van der Waals surface area contributed by atoms with Gasteiger partial charge in [0.1, 0.15) is 17.1 Å². The lowest BCUT2D eigenvalue weighted by molar-refractivity contribution is 0.101. The first-order valence-corrected chi connectivity index (χ1v) is 8.53. The predicted molar refractivity (Wildman–Crippen MR) is 96.1 cm³/mol. The first-order chi connectivity index (χ1) is 12.2. The van der Waals surface area contributed by atoms with Crippen LogP contribution >= 0.6 is 11.3 Å². The number of rotatable bonds is 4. The Bertz CT molecular complexity index is 1000. The van der Waals surface area contributed by atoms with Crippen molar-refractivity contribution in [3.05, 3.63) is 71.4 Å². The molecule has 0 saturated carbocycles. The fourth-order valence-electron chi connectivity index (χ4n) is 2.46. The summed E-state index contributed by atoms with van der Waals surface area (Å²) in [4.78, 5) is 13.8. The minimum absolute atomic E-state index is 0.299. The second kappa shape index (κ2) is 6.37. The Balaban J connectivity index is 1.75. The fourth-order valence-corrected chi connectivity index (χ4v) is 3.14. The van der Waals surface area contributed by atoms with Crippen molar-refractivity contribution < 1.29 is 9.32 Å². The van der Waals surface area contributed by atoms with Crippen LogP contribution in [0.1, 0.15) is 16.2 Å². The van der Waals surface area contributed by atoms with E-state index in [1.54, 1.807) is 35.1 Å². The highest BCUT2D eigenvalue weighted by molar-refractivity contribution is 7.13. The quantitative estimate of drug-likeness (QED) is 0.600. The molecule has 3 heterocycles. The van der Waals surface area contributed by atoms with Gasteiger partial charge in [-0.05, 0) is 36.6 Å². The molecule has 0 spiro atoms. The Labute approximate surface area is 147 Å². The van der Waals surface area contributed by atoms with E-state index >= 15 is 0 Å². The molecule has 0 unspecified atom stereocenters. The number of nitrogens with zero attached hydrogens (tertiary/aromatic N) is 3. The molecule has 1 aromatic carbocycles. The number of thiophene rings is 1. The van der Waals surface area contributed by atoms with Crippen molar-refractivity contribution >= 4 is 23.1 Å². The van der Waals surface area contributed by atoms with Gasteiger partial charge in [-0.25, -0.2) is 4.68 Å². The Morgan fingerprint density at radius 3 is 2.68 bits per heavy atom. The van der Waals surface area contributed by atoms with E-state index in [9.17, 15) is 4.79 Å². The highest BCUT2D eigenvalue weighted by Crippen LogP contribution is 2.26. The van der Waals surface area contributed by atoms with Crippen molar-refractivity contribution in [1.82, 2.24) is 14.9 Å². The number of aryl methyl sites for hydroxylation is 1. The van der Waals surface area contributed by atoms with Gasteiger partial charge in [0.15, 0.2) is 5.82 Å². The van der Waals surface area contributed by atoms with E-state index in [0.29, 0.717) is 17.3 Å². The molecule has 0 aliphatic heterocycles. The third-order valence-electron chi connectivity index (χ3n) is 3.59. The molecule has 0 bridgehead atoms. The molecule has 4 aromatic rings. The normalized spacial score (nSPS) is 10.8. The molecule has 0 fully saturated rings. The van der Waals surface area contributed by atoms with Crippen LogP contribution in [0.5, 0.6) is 0 Å². The van der Waals surface area contributed by atoms with Crippen LogP contribution in [0.25, 0.3) is 16.3 Å². The van der Waals surface area contributed by atoms with E-state index in [4.69, 9.17) is 4.52 Å². The Kier molecular flexibility index (Phi) is 3.91. The van der Waals surface area contributed by atoms with Crippen LogP contribution in [0, 0.1) is 6.92 Å². The molecule has 0 radical (unpaired) electrons. The second-order valence-corrected chi connectivity index (χ2v) is 6.36. The molecule has 7 heteroatoms. The first kappa shape index (κ1) is 15.3. The third kappa shape index (κ3) is 3.09. The molecule has 6 nitrogen and oxygen atoms in total. The lowest BCUT2D eigenvalue weighted by Gasteiger charge is -2.06. The zero-order valence-electron chi connectivity index (χ0n) is 13.3. The standard InChI is InChI=1S/C18H14N4O2S/c1-12-10-17(21-24-12)19-18(23)15-11-14(16-8-5-9-25-16)20-22(15)13-6-3-2-4-7-13/h2-11H,1H3,(H,19,21,23). The van der Waals surface area contributed by atoms with Crippen molar-refractivity contribution in [1.29, 1.82) is 0 Å². The molecular weight excluding hydrogens is 336 g/mol. The van der Waals surface area contributed by atoms with Gasteiger partial charge in [-0.15, -0.1) is 11.3 Å². The molecule has 1 N–H and O–H groups in total. The maximum atomic E-state index is 12.8. The number of hydrogen-bond donors (Lipinski definition) is 1. The van der Waals surface area contributed by atoms with Gasteiger partial charge in [0.2, 0.25) is 0 Å². The van der Waals surface area contributed by atoms with Crippen molar-refractivity contribution in [2.75, 3.05) is 5.32 Å². The molecule has 0 aliphatic rings. The fraction of sp³-hybridized carbons (Fsp3) is 0.0556. The Morgan fingerprint density at radius 2 is 2.00 bits per heavy atom. The van der Waals surface area contributed by atoms with Crippen LogP contribution in [-0.4, -0.2) is 20.8 Å². The average molecular weight is 350 g/mol. The van der Waals surface area contributed by atoms with Crippen LogP contribution in [0.3, 0.4) is 0 Å². The summed E-state index contributed by atoms with van der Waals surface area (Å²) in [6.45, 7) is 1.77. The number of benzene rings is 1. The summed E-state index contributed by atoms with van der Waals surface area (Å²) in [5.41, 5.74) is 1.99. The Morgan fingerprint density at radius 1 is 1.16 bits per heavy atom. The average Bonchev–Trinajstić information content (AvgIpc) is 3.35. The largest absolute Gasteiger partial charge is 0.360 e. The van der Waals surface area contributed by atoms with Gasteiger partial charge in [-0.2, -0.15) is 5.10 Å². The smallest absolute Gasteiger partial charge is 0.275 e. The van der Waals surface area contributed by atoms with Gasteiger partial charge in [0.05, 0.1) is 10.6 Å². The van der Waals surface area contributed by atoms with Gasteiger partial charge in [0, 0.05) is 6.07 Å². The summed E-state index contributed by atoms with van der Waals surface area (Å²) in [5.74, 6) is 0.708. The molecule has 124 valence electrons. The number of aromatic nitrogens is 3. The number of para-hydroxylation sites is 1. The van der Waals surface area contributed by atoms with Gasteiger partial charge in [-0.3, -0.25) is 4.79 Å². The van der Waals surface area contributed by atoms with Crippen LogP contribution in [0.2, 0.25) is 0 Å². The van der Waals surface area contributed by atoms with E-state index in [1.165, 1.54) is 0 Å². The first-order valence-electron chi connectivity index (χ1n) is 7.65. The predicted octanol–water partition coefficient (Wildman–Crippen LogP) is 4.15. The van der Waals surface area contributed by atoms with Crippen LogP contribution < -0.4 is 5.32 Å². The zero-order valence-corrected chi connectivity index (χ0v) is 14.2. The van der Waals surface area contributed by atoms with Gasteiger partial charge in [-0.1, -0.05) is 29.4 Å². The molecule has 3 aromatic heterocycles. The molecule has 0 aliphatic carbocycles. The molecule has 25 heavy (non-hydrogen) atoms. The highest BCUT2D eigenvalue weighted by atomic mass is 32.1. The number of anilines is 1. The number of carbonyl (C=O) groups excluding carboxylic acids is 1. The van der Waals surface area contributed by atoms with Crippen LogP contribution in [-0.2, 0) is 0 Å². The molecule has 0 saturated heterocycles. The lowest BCUT2D eigenvalue weighted by Crippen LogP contribution is -2.17. The molecule has 4 rings (SSSR count). The summed E-state index contributed by atoms with van der Waals surface area (Å²) in [7, 11) is 0. The van der Waals surface area contributed by atoms with Gasteiger partial charge < -0.3 is 9.84 Å². The number of hydrogen-bond acceptors (Lipinski definition) is 5. The maximum absolute atomic E-state index is 12.8. The minimum atomic E-state index is -0.299. The van der Waals surface area contributed by atoms with Crippen LogP contribution in [0.4, 0.5) is 5.82 Å². The van der Waals surface area contributed by atoms with Crippen molar-refractivity contribution in [2.45, 2.75) is 6.92 Å². The van der Waals surface area contributed by atoms with E-state index in [-0.39, 0.29) is 5.91 Å². The minimum Gasteiger partial charge on any atom is -0.360 e. The van der Waals surface area contributed by atoms with E-state index in [0.717, 1.165) is 16.3 Å². The molecule has 0 atom stereocenters. The number of nitrogens with one attached hydrogen (secondary N) is 1. The topological polar surface area (TPSA) is 73.0 Å². The summed E-state index contributed by atoms with van der Waals surface area (Å²) >= 11 is 1.58. The summed E-state index contributed by atoms with van der Waals surface area (Å²) in [6, 6.07) is 16.9. The second-order valence-electron chi connectivity index (χ2n) is 5.42. The van der Waals surface area contributed by atoms with Crippen molar-refractivity contribution in [3.8, 4) is 16.3 Å². The summed E-state index contributed by atoms with van der Waals surface area (Å²) in [5, 5.41) is 13.1. The molecule has 1 amide bonds. The van der Waals surface area contributed by atoms with Crippen molar-refractivity contribution in [2.24, 2.45) is 0 Å². The number of carbonyl (C=O) groups is 1. The van der Waals surface area contributed by atoms with Crippen LogP contribution in [0.15, 0.2) is 64.5 Å². The SMILES string of the molecule is Cc1cc(NC(=O)c2cc(-c3cccs3)nn2-c2ccccc2)no1. The highest BCUT2D eigenvalue weighted by Gasteiger charge is 2.19.